The van der Waals surface area contributed by atoms with E-state index in [0.717, 1.165) is 36.7 Å². The monoisotopic (exact) mass is 242 g/mol. The number of aliphatic hydroxyl groups excluding tert-OH is 1. The van der Waals surface area contributed by atoms with Gasteiger partial charge in [-0.2, -0.15) is 11.8 Å². The van der Waals surface area contributed by atoms with Gasteiger partial charge in [0.15, 0.2) is 0 Å². The van der Waals surface area contributed by atoms with Gasteiger partial charge in [-0.1, -0.05) is 0 Å². The van der Waals surface area contributed by atoms with Crippen LogP contribution in [0.15, 0.2) is 0 Å². The maximum absolute atomic E-state index is 11.1. The Kier molecular flexibility index (Phi) is 2.76. The molecule has 0 spiro atoms. The van der Waals surface area contributed by atoms with Crippen LogP contribution < -0.4 is 0 Å². The maximum Gasteiger partial charge on any atom is 0.0756 e. The highest BCUT2D eigenvalue weighted by molar-refractivity contribution is 7.99. The molecular formula is C13H22O2S. The SMILES string of the molecule is OCC1(C2(O)CC3CCC2C3)CCSCC1. The largest absolute Gasteiger partial charge is 0.396 e. The van der Waals surface area contributed by atoms with Crippen molar-refractivity contribution in [2.45, 2.75) is 44.1 Å². The molecule has 0 aromatic carbocycles. The van der Waals surface area contributed by atoms with E-state index in [1.165, 1.54) is 19.3 Å². The predicted molar refractivity (Wildman–Crippen MR) is 66.5 cm³/mol. The van der Waals surface area contributed by atoms with E-state index in [0.29, 0.717) is 5.92 Å². The van der Waals surface area contributed by atoms with Gasteiger partial charge in [0, 0.05) is 5.41 Å². The molecule has 3 atom stereocenters. The van der Waals surface area contributed by atoms with E-state index in [1.54, 1.807) is 0 Å². The summed E-state index contributed by atoms with van der Waals surface area (Å²) in [7, 11) is 0. The molecule has 0 amide bonds. The molecule has 16 heavy (non-hydrogen) atoms. The van der Waals surface area contributed by atoms with Crippen molar-refractivity contribution < 1.29 is 10.2 Å². The van der Waals surface area contributed by atoms with Crippen LogP contribution in [0, 0.1) is 17.3 Å². The van der Waals surface area contributed by atoms with Gasteiger partial charge in [-0.3, -0.25) is 0 Å². The number of fused-ring (bicyclic) bond motifs is 2. The van der Waals surface area contributed by atoms with Crippen molar-refractivity contribution in [2.75, 3.05) is 18.1 Å². The summed E-state index contributed by atoms with van der Waals surface area (Å²) in [6.45, 7) is 0.188. The standard InChI is InChI=1S/C13H22O2S/c14-9-12(3-5-16-6-4-12)13(15)8-10-1-2-11(13)7-10/h10-11,14-15H,1-9H2. The molecule has 3 aliphatic rings. The van der Waals surface area contributed by atoms with Crippen molar-refractivity contribution in [3.05, 3.63) is 0 Å². The molecule has 2 aliphatic carbocycles. The molecule has 0 radical (unpaired) electrons. The lowest BCUT2D eigenvalue weighted by atomic mass is 9.61. The first kappa shape index (κ1) is 11.4. The van der Waals surface area contributed by atoms with Gasteiger partial charge in [-0.25, -0.2) is 0 Å². The first-order valence-electron chi connectivity index (χ1n) is 6.61. The minimum atomic E-state index is -0.536. The molecule has 1 saturated heterocycles. The Morgan fingerprint density at radius 3 is 2.44 bits per heavy atom. The van der Waals surface area contributed by atoms with Crippen molar-refractivity contribution in [1.29, 1.82) is 0 Å². The zero-order valence-electron chi connectivity index (χ0n) is 9.82. The lowest BCUT2D eigenvalue weighted by molar-refractivity contribution is -0.147. The number of rotatable bonds is 2. The van der Waals surface area contributed by atoms with Crippen molar-refractivity contribution >= 4 is 11.8 Å². The van der Waals surface area contributed by atoms with Crippen LogP contribution in [0.1, 0.15) is 38.5 Å². The highest BCUT2D eigenvalue weighted by Gasteiger charge is 2.60. The molecule has 2 nitrogen and oxygen atoms in total. The molecule has 2 N–H and O–H groups in total. The second kappa shape index (κ2) is 3.89. The number of aliphatic hydroxyl groups is 2. The molecule has 2 saturated carbocycles. The molecule has 1 heterocycles. The van der Waals surface area contributed by atoms with Crippen LogP contribution in [-0.4, -0.2) is 33.9 Å². The van der Waals surface area contributed by atoms with Crippen LogP contribution in [0.25, 0.3) is 0 Å². The quantitative estimate of drug-likeness (QED) is 0.778. The normalized spacial score (nSPS) is 46.1. The average molecular weight is 242 g/mol. The van der Waals surface area contributed by atoms with Crippen LogP contribution in [0.3, 0.4) is 0 Å². The topological polar surface area (TPSA) is 40.5 Å². The van der Waals surface area contributed by atoms with Gasteiger partial charge in [-0.15, -0.1) is 0 Å². The van der Waals surface area contributed by atoms with E-state index in [2.05, 4.69) is 0 Å². The van der Waals surface area contributed by atoms with E-state index < -0.39 is 5.60 Å². The van der Waals surface area contributed by atoms with Crippen molar-refractivity contribution in [1.82, 2.24) is 0 Å². The number of hydrogen-bond donors (Lipinski definition) is 2. The van der Waals surface area contributed by atoms with Gasteiger partial charge in [0.25, 0.3) is 0 Å². The molecule has 3 fully saturated rings. The van der Waals surface area contributed by atoms with Gasteiger partial charge >= 0.3 is 0 Å². The van der Waals surface area contributed by atoms with Crippen molar-refractivity contribution in [3.8, 4) is 0 Å². The van der Waals surface area contributed by atoms with Gasteiger partial charge in [0.1, 0.15) is 0 Å². The fourth-order valence-electron chi connectivity index (χ4n) is 4.44. The second-order valence-electron chi connectivity index (χ2n) is 6.06. The summed E-state index contributed by atoms with van der Waals surface area (Å²) in [5, 5.41) is 20.9. The zero-order chi connectivity index (χ0) is 11.2. The molecule has 2 bridgehead atoms. The Bertz CT molecular complexity index is 275. The first-order valence-corrected chi connectivity index (χ1v) is 7.77. The highest BCUT2D eigenvalue weighted by atomic mass is 32.2. The summed E-state index contributed by atoms with van der Waals surface area (Å²) < 4.78 is 0. The summed E-state index contributed by atoms with van der Waals surface area (Å²) >= 11 is 1.97. The molecule has 1 aliphatic heterocycles. The Morgan fingerprint density at radius 2 is 1.94 bits per heavy atom. The van der Waals surface area contributed by atoms with Crippen LogP contribution in [0.5, 0.6) is 0 Å². The van der Waals surface area contributed by atoms with Gasteiger partial charge in [0.2, 0.25) is 0 Å². The summed E-state index contributed by atoms with van der Waals surface area (Å²) in [6, 6.07) is 0. The molecule has 92 valence electrons. The predicted octanol–water partition coefficient (Wildman–Crippen LogP) is 2.04. The molecule has 3 heteroatoms. The van der Waals surface area contributed by atoms with E-state index in [4.69, 9.17) is 0 Å². The molecule has 3 rings (SSSR count). The summed E-state index contributed by atoms with van der Waals surface area (Å²) in [5.74, 6) is 3.45. The fraction of sp³-hybridized carbons (Fsp3) is 1.00. The number of thioether (sulfide) groups is 1. The van der Waals surface area contributed by atoms with Gasteiger partial charge < -0.3 is 10.2 Å². The minimum Gasteiger partial charge on any atom is -0.396 e. The molecule has 3 unspecified atom stereocenters. The fourth-order valence-corrected chi connectivity index (χ4v) is 5.71. The van der Waals surface area contributed by atoms with Crippen molar-refractivity contribution in [3.63, 3.8) is 0 Å². The molecule has 0 aromatic heterocycles. The first-order chi connectivity index (χ1) is 7.70. The van der Waals surface area contributed by atoms with Crippen LogP contribution in [-0.2, 0) is 0 Å². The van der Waals surface area contributed by atoms with Crippen molar-refractivity contribution in [2.24, 2.45) is 17.3 Å². The van der Waals surface area contributed by atoms with E-state index in [9.17, 15) is 10.2 Å². The number of hydrogen-bond acceptors (Lipinski definition) is 3. The van der Waals surface area contributed by atoms with Crippen LogP contribution in [0.4, 0.5) is 0 Å². The Hall–Kier alpha value is 0.270. The highest BCUT2D eigenvalue weighted by Crippen LogP contribution is 2.60. The van der Waals surface area contributed by atoms with E-state index in [1.807, 2.05) is 11.8 Å². The van der Waals surface area contributed by atoms with Crippen LogP contribution >= 0.6 is 11.8 Å². The molecular weight excluding hydrogens is 220 g/mol. The Morgan fingerprint density at radius 1 is 1.19 bits per heavy atom. The van der Waals surface area contributed by atoms with Gasteiger partial charge in [0.05, 0.1) is 12.2 Å². The third-order valence-corrected chi connectivity index (χ3v) is 6.47. The third kappa shape index (κ3) is 1.41. The summed E-state index contributed by atoms with van der Waals surface area (Å²) in [5.41, 5.74) is -0.705. The smallest absolute Gasteiger partial charge is 0.0756 e. The van der Waals surface area contributed by atoms with Crippen LogP contribution in [0.2, 0.25) is 0 Å². The van der Waals surface area contributed by atoms with E-state index >= 15 is 0 Å². The Labute approximate surface area is 102 Å². The minimum absolute atomic E-state index is 0.169. The second-order valence-corrected chi connectivity index (χ2v) is 7.28. The average Bonchev–Trinajstić information content (AvgIpc) is 2.90. The Balaban J connectivity index is 1.88. The summed E-state index contributed by atoms with van der Waals surface area (Å²) in [4.78, 5) is 0. The van der Waals surface area contributed by atoms with Gasteiger partial charge in [-0.05, 0) is 61.9 Å². The molecule has 0 aromatic rings. The maximum atomic E-state index is 11.1. The zero-order valence-corrected chi connectivity index (χ0v) is 10.6. The van der Waals surface area contributed by atoms with E-state index in [-0.39, 0.29) is 12.0 Å². The summed E-state index contributed by atoms with van der Waals surface area (Å²) in [6.07, 6.45) is 6.69. The third-order valence-electron chi connectivity index (χ3n) is 5.49. The lowest BCUT2D eigenvalue weighted by Crippen LogP contribution is -2.55. The lowest BCUT2D eigenvalue weighted by Gasteiger charge is -2.51.